The molecule has 2 N–H and O–H groups in total. The lowest BCUT2D eigenvalue weighted by molar-refractivity contribution is -0.139. The third-order valence-corrected chi connectivity index (χ3v) is 7.05. The summed E-state index contributed by atoms with van der Waals surface area (Å²) < 4.78 is 11.1. The van der Waals surface area contributed by atoms with E-state index in [0.717, 1.165) is 33.6 Å². The minimum absolute atomic E-state index is 0.0719. The lowest BCUT2D eigenvalue weighted by Gasteiger charge is -2.17. The number of rotatable bonds is 11. The zero-order valence-electron chi connectivity index (χ0n) is 19.6. The molecule has 35 heavy (non-hydrogen) atoms. The van der Waals surface area contributed by atoms with Gasteiger partial charge < -0.3 is 19.9 Å². The molecule has 1 aliphatic carbocycles. The lowest BCUT2D eigenvalue weighted by atomic mass is 9.98. The molecule has 0 spiro atoms. The summed E-state index contributed by atoms with van der Waals surface area (Å²) in [6, 6.07) is 23.0. The summed E-state index contributed by atoms with van der Waals surface area (Å²) in [7, 11) is 0. The van der Waals surface area contributed by atoms with Crippen molar-refractivity contribution < 1.29 is 24.2 Å². The van der Waals surface area contributed by atoms with Crippen LogP contribution in [0.2, 0.25) is 0 Å². The SMILES string of the molecule is CCOc1ccccc1CSCCC(NC(=O)OCC1c2ccccc2-c2ccccc21)C(=O)O. The number of fused-ring (bicyclic) bond motifs is 3. The molecule has 1 amide bonds. The van der Waals surface area contributed by atoms with Crippen molar-refractivity contribution in [2.75, 3.05) is 19.0 Å². The molecule has 0 saturated heterocycles. The second kappa shape index (κ2) is 11.8. The Hall–Kier alpha value is -3.45. The molecule has 0 radical (unpaired) electrons. The van der Waals surface area contributed by atoms with Crippen molar-refractivity contribution in [1.82, 2.24) is 5.32 Å². The van der Waals surface area contributed by atoms with Gasteiger partial charge in [-0.3, -0.25) is 0 Å². The van der Waals surface area contributed by atoms with Crippen LogP contribution >= 0.6 is 11.8 Å². The fourth-order valence-electron chi connectivity index (χ4n) is 4.34. The molecule has 1 unspecified atom stereocenters. The van der Waals surface area contributed by atoms with Crippen LogP contribution in [-0.2, 0) is 15.3 Å². The number of alkyl carbamates (subject to hydrolysis) is 1. The van der Waals surface area contributed by atoms with Crippen molar-refractivity contribution in [3.05, 3.63) is 89.5 Å². The topological polar surface area (TPSA) is 84.9 Å². The number of amides is 1. The fourth-order valence-corrected chi connectivity index (χ4v) is 5.35. The highest BCUT2D eigenvalue weighted by atomic mass is 32.2. The Kier molecular flexibility index (Phi) is 8.32. The predicted octanol–water partition coefficient (Wildman–Crippen LogP) is 5.70. The van der Waals surface area contributed by atoms with Crippen molar-refractivity contribution in [2.45, 2.75) is 31.1 Å². The van der Waals surface area contributed by atoms with Gasteiger partial charge in [0.25, 0.3) is 0 Å². The molecule has 182 valence electrons. The monoisotopic (exact) mass is 491 g/mol. The molecule has 0 aliphatic heterocycles. The van der Waals surface area contributed by atoms with Gasteiger partial charge in [-0.05, 0) is 47.4 Å². The van der Waals surface area contributed by atoms with E-state index in [2.05, 4.69) is 17.4 Å². The van der Waals surface area contributed by atoms with Crippen LogP contribution in [0.15, 0.2) is 72.8 Å². The number of ether oxygens (including phenoxy) is 2. The van der Waals surface area contributed by atoms with Gasteiger partial charge in [-0.25, -0.2) is 9.59 Å². The molecule has 0 fully saturated rings. The normalized spacial score (nSPS) is 12.9. The number of para-hydroxylation sites is 1. The van der Waals surface area contributed by atoms with E-state index in [1.165, 1.54) is 0 Å². The van der Waals surface area contributed by atoms with E-state index in [-0.39, 0.29) is 12.5 Å². The number of hydrogen-bond donors (Lipinski definition) is 2. The quantitative estimate of drug-likeness (QED) is 0.335. The summed E-state index contributed by atoms with van der Waals surface area (Å²) in [6.07, 6.45) is -0.424. The summed E-state index contributed by atoms with van der Waals surface area (Å²) >= 11 is 1.60. The first kappa shape index (κ1) is 24.7. The Labute approximate surface area is 209 Å². The summed E-state index contributed by atoms with van der Waals surface area (Å²) in [4.78, 5) is 24.2. The average molecular weight is 492 g/mol. The second-order valence-corrected chi connectivity index (χ2v) is 9.35. The van der Waals surface area contributed by atoms with Crippen molar-refractivity contribution in [1.29, 1.82) is 0 Å². The molecule has 0 heterocycles. The molecule has 0 bridgehead atoms. The standard InChI is InChI=1S/C28H29NO5S/c1-2-33-26-14-8-3-9-19(26)18-35-16-15-25(27(30)31)29-28(32)34-17-24-22-12-6-4-10-20(22)21-11-5-7-13-23(21)24/h3-14,24-25H,2,15-18H2,1H3,(H,29,32)(H,30,31). The lowest BCUT2D eigenvalue weighted by Crippen LogP contribution is -2.41. The summed E-state index contributed by atoms with van der Waals surface area (Å²) in [5.41, 5.74) is 5.57. The largest absolute Gasteiger partial charge is 0.494 e. The second-order valence-electron chi connectivity index (χ2n) is 8.24. The van der Waals surface area contributed by atoms with Crippen LogP contribution in [0.4, 0.5) is 4.79 Å². The minimum Gasteiger partial charge on any atom is -0.494 e. The summed E-state index contributed by atoms with van der Waals surface area (Å²) in [5.74, 6) is 0.967. The summed E-state index contributed by atoms with van der Waals surface area (Å²) in [6.45, 7) is 2.68. The molecule has 6 nitrogen and oxygen atoms in total. The Morgan fingerprint density at radius 2 is 1.60 bits per heavy atom. The van der Waals surface area contributed by atoms with E-state index in [1.54, 1.807) is 11.8 Å². The Balaban J connectivity index is 1.29. The summed E-state index contributed by atoms with van der Waals surface area (Å²) in [5, 5.41) is 12.1. The van der Waals surface area contributed by atoms with Crippen molar-refractivity contribution >= 4 is 23.8 Å². The molecular weight excluding hydrogens is 462 g/mol. The van der Waals surface area contributed by atoms with Crippen LogP contribution < -0.4 is 10.1 Å². The molecule has 0 saturated carbocycles. The van der Waals surface area contributed by atoms with Crippen LogP contribution in [0, 0.1) is 0 Å². The number of aliphatic carboxylic acids is 1. The molecule has 3 aromatic rings. The first-order valence-corrected chi connectivity index (χ1v) is 12.9. The number of carbonyl (C=O) groups excluding carboxylic acids is 1. The Morgan fingerprint density at radius 3 is 2.26 bits per heavy atom. The van der Waals surface area contributed by atoms with Crippen LogP contribution in [0.3, 0.4) is 0 Å². The maximum absolute atomic E-state index is 12.5. The van der Waals surface area contributed by atoms with Gasteiger partial charge >= 0.3 is 12.1 Å². The van der Waals surface area contributed by atoms with Gasteiger partial charge in [0.15, 0.2) is 0 Å². The first-order chi connectivity index (χ1) is 17.1. The van der Waals surface area contributed by atoms with Crippen molar-refractivity contribution in [2.24, 2.45) is 0 Å². The zero-order chi connectivity index (χ0) is 24.6. The fraction of sp³-hybridized carbons (Fsp3) is 0.286. The number of hydrogen-bond acceptors (Lipinski definition) is 5. The molecule has 4 rings (SSSR count). The molecule has 0 aromatic heterocycles. The van der Waals surface area contributed by atoms with E-state index in [1.807, 2.05) is 67.6 Å². The van der Waals surface area contributed by atoms with Gasteiger partial charge in [-0.15, -0.1) is 0 Å². The molecular formula is C28H29NO5S. The number of carbonyl (C=O) groups is 2. The van der Waals surface area contributed by atoms with Crippen LogP contribution in [0.25, 0.3) is 11.1 Å². The number of nitrogens with one attached hydrogen (secondary N) is 1. The minimum atomic E-state index is -1.08. The third-order valence-electron chi connectivity index (χ3n) is 6.01. The van der Waals surface area contributed by atoms with Gasteiger partial charge in [0, 0.05) is 17.2 Å². The van der Waals surface area contributed by atoms with Crippen molar-refractivity contribution in [3.8, 4) is 16.9 Å². The number of benzene rings is 3. The van der Waals surface area contributed by atoms with Crippen LogP contribution in [0.5, 0.6) is 5.75 Å². The van der Waals surface area contributed by atoms with Crippen LogP contribution in [0.1, 0.15) is 36.0 Å². The average Bonchev–Trinajstić information content (AvgIpc) is 3.19. The van der Waals surface area contributed by atoms with E-state index in [4.69, 9.17) is 9.47 Å². The van der Waals surface area contributed by atoms with Crippen LogP contribution in [-0.4, -0.2) is 42.2 Å². The van der Waals surface area contributed by atoms with Gasteiger partial charge in [0.1, 0.15) is 18.4 Å². The van der Waals surface area contributed by atoms with Gasteiger partial charge in [-0.1, -0.05) is 66.7 Å². The van der Waals surface area contributed by atoms with Gasteiger partial charge in [0.05, 0.1) is 6.61 Å². The predicted molar refractivity (Wildman–Crippen MR) is 138 cm³/mol. The van der Waals surface area contributed by atoms with Crippen molar-refractivity contribution in [3.63, 3.8) is 0 Å². The maximum Gasteiger partial charge on any atom is 0.407 e. The molecule has 1 aliphatic rings. The van der Waals surface area contributed by atoms with Gasteiger partial charge in [0.2, 0.25) is 0 Å². The smallest absolute Gasteiger partial charge is 0.407 e. The highest BCUT2D eigenvalue weighted by Crippen LogP contribution is 2.44. The van der Waals surface area contributed by atoms with E-state index >= 15 is 0 Å². The Bertz CT molecular complexity index is 1140. The number of thioether (sulfide) groups is 1. The molecule has 3 aromatic carbocycles. The first-order valence-electron chi connectivity index (χ1n) is 11.7. The van der Waals surface area contributed by atoms with Gasteiger partial charge in [-0.2, -0.15) is 11.8 Å². The maximum atomic E-state index is 12.5. The highest BCUT2D eigenvalue weighted by molar-refractivity contribution is 7.98. The molecule has 7 heteroatoms. The third kappa shape index (κ3) is 5.98. The van der Waals surface area contributed by atoms with E-state index in [0.29, 0.717) is 24.5 Å². The number of carboxylic acid groups (broad SMARTS) is 1. The zero-order valence-corrected chi connectivity index (χ0v) is 20.4. The van der Waals surface area contributed by atoms with E-state index < -0.39 is 18.1 Å². The van der Waals surface area contributed by atoms with E-state index in [9.17, 15) is 14.7 Å². The highest BCUT2D eigenvalue weighted by Gasteiger charge is 2.29. The molecule has 1 atom stereocenters. The number of carboxylic acids is 1. The Morgan fingerprint density at radius 1 is 0.971 bits per heavy atom.